The van der Waals surface area contributed by atoms with Crippen LogP contribution in [0.25, 0.3) is 0 Å². The molecule has 0 aliphatic heterocycles. The molecular formula is C16H25NO4S. The molecule has 0 radical (unpaired) electrons. The summed E-state index contributed by atoms with van der Waals surface area (Å²) in [6.45, 7) is 0.349. The average Bonchev–Trinajstić information content (AvgIpc) is 2.47. The van der Waals surface area contributed by atoms with Crippen LogP contribution in [0, 0.1) is 0 Å². The first-order chi connectivity index (χ1) is 10.4. The monoisotopic (exact) mass is 327 g/mol. The summed E-state index contributed by atoms with van der Waals surface area (Å²) in [7, 11) is -1.92. The smallest absolute Gasteiger partial charge is 0.264 e. The van der Waals surface area contributed by atoms with Crippen LogP contribution in [0.5, 0.6) is 5.75 Å². The molecule has 0 heterocycles. The van der Waals surface area contributed by atoms with Gasteiger partial charge in [-0.15, -0.1) is 0 Å². The standard InChI is InChI=1S/C16H25NO4S/c1-20-14-8-6-13(7-9-14)15(12-17)16(21-22(2,18)19)10-4-3-5-11-16/h6-9,15H,3-5,10-12,17H2,1-2H3. The van der Waals surface area contributed by atoms with Gasteiger partial charge in [0.1, 0.15) is 5.75 Å². The summed E-state index contributed by atoms with van der Waals surface area (Å²) in [5.74, 6) is 0.620. The van der Waals surface area contributed by atoms with Crippen LogP contribution in [0.4, 0.5) is 0 Å². The molecule has 1 saturated carbocycles. The Hall–Kier alpha value is -1.11. The molecule has 0 bridgehead atoms. The zero-order chi connectivity index (χ0) is 16.2. The van der Waals surface area contributed by atoms with Crippen molar-refractivity contribution in [2.75, 3.05) is 19.9 Å². The second-order valence-electron chi connectivity index (χ2n) is 5.97. The number of hydrogen-bond donors (Lipinski definition) is 1. The van der Waals surface area contributed by atoms with E-state index in [2.05, 4.69) is 0 Å². The molecule has 0 spiro atoms. The summed E-state index contributed by atoms with van der Waals surface area (Å²) in [5.41, 5.74) is 6.27. The Labute approximate surface area is 132 Å². The molecule has 1 aliphatic carbocycles. The van der Waals surface area contributed by atoms with Gasteiger partial charge in [0.25, 0.3) is 10.1 Å². The van der Waals surface area contributed by atoms with Gasteiger partial charge in [-0.05, 0) is 30.5 Å². The largest absolute Gasteiger partial charge is 0.497 e. The lowest BCUT2D eigenvalue weighted by Gasteiger charge is -2.42. The second kappa shape index (κ2) is 6.98. The fourth-order valence-electron chi connectivity index (χ4n) is 3.43. The Balaban J connectivity index is 2.37. The van der Waals surface area contributed by atoms with E-state index in [0.717, 1.165) is 36.8 Å². The first-order valence-corrected chi connectivity index (χ1v) is 9.46. The van der Waals surface area contributed by atoms with Gasteiger partial charge in [0.15, 0.2) is 0 Å². The first kappa shape index (κ1) is 17.2. The third-order valence-corrected chi connectivity index (χ3v) is 5.04. The van der Waals surface area contributed by atoms with Crippen LogP contribution >= 0.6 is 0 Å². The normalized spacial score (nSPS) is 19.6. The Kier molecular flexibility index (Phi) is 5.47. The molecule has 0 aromatic heterocycles. The number of rotatable bonds is 6. The zero-order valence-corrected chi connectivity index (χ0v) is 14.1. The van der Waals surface area contributed by atoms with Crippen LogP contribution in [0.2, 0.25) is 0 Å². The lowest BCUT2D eigenvalue weighted by atomic mass is 9.73. The molecule has 1 aliphatic rings. The number of methoxy groups -OCH3 is 1. The van der Waals surface area contributed by atoms with Crippen LogP contribution in [-0.2, 0) is 14.3 Å². The van der Waals surface area contributed by atoms with Gasteiger partial charge in [0, 0.05) is 12.5 Å². The highest BCUT2D eigenvalue weighted by Crippen LogP contribution is 2.43. The molecule has 0 amide bonds. The van der Waals surface area contributed by atoms with E-state index in [0.29, 0.717) is 19.4 Å². The van der Waals surface area contributed by atoms with Gasteiger partial charge < -0.3 is 10.5 Å². The summed E-state index contributed by atoms with van der Waals surface area (Å²) in [5, 5.41) is 0. The molecule has 1 aromatic carbocycles. The highest BCUT2D eigenvalue weighted by atomic mass is 32.2. The maximum atomic E-state index is 11.8. The summed E-state index contributed by atoms with van der Waals surface area (Å²) in [6.07, 6.45) is 5.58. The van der Waals surface area contributed by atoms with Crippen LogP contribution in [0.15, 0.2) is 24.3 Å². The predicted molar refractivity (Wildman–Crippen MR) is 86.5 cm³/mol. The van der Waals surface area contributed by atoms with Crippen molar-refractivity contribution in [1.29, 1.82) is 0 Å². The van der Waals surface area contributed by atoms with E-state index in [1.807, 2.05) is 24.3 Å². The molecule has 6 heteroatoms. The van der Waals surface area contributed by atoms with E-state index in [1.165, 1.54) is 0 Å². The quantitative estimate of drug-likeness (QED) is 0.812. The molecule has 1 aromatic rings. The fourth-order valence-corrected chi connectivity index (χ4v) is 4.32. The lowest BCUT2D eigenvalue weighted by Crippen LogP contribution is -2.45. The van der Waals surface area contributed by atoms with E-state index in [-0.39, 0.29) is 5.92 Å². The number of nitrogens with two attached hydrogens (primary N) is 1. The van der Waals surface area contributed by atoms with Crippen LogP contribution in [0.1, 0.15) is 43.6 Å². The number of benzene rings is 1. The Morgan fingerprint density at radius 2 is 1.77 bits per heavy atom. The number of ether oxygens (including phenoxy) is 1. The summed E-state index contributed by atoms with van der Waals surface area (Å²) < 4.78 is 34.3. The van der Waals surface area contributed by atoms with Crippen LogP contribution < -0.4 is 10.5 Å². The van der Waals surface area contributed by atoms with E-state index in [9.17, 15) is 8.42 Å². The minimum absolute atomic E-state index is 0.145. The van der Waals surface area contributed by atoms with E-state index in [1.54, 1.807) is 7.11 Å². The predicted octanol–water partition coefficient (Wildman–Crippen LogP) is 2.42. The van der Waals surface area contributed by atoms with Gasteiger partial charge in [-0.3, -0.25) is 4.18 Å². The highest BCUT2D eigenvalue weighted by Gasteiger charge is 2.43. The van der Waals surface area contributed by atoms with Crippen molar-refractivity contribution in [3.05, 3.63) is 29.8 Å². The molecule has 2 rings (SSSR count). The fraction of sp³-hybridized carbons (Fsp3) is 0.625. The van der Waals surface area contributed by atoms with Crippen LogP contribution in [0.3, 0.4) is 0 Å². The van der Waals surface area contributed by atoms with E-state index < -0.39 is 15.7 Å². The van der Waals surface area contributed by atoms with E-state index in [4.69, 9.17) is 14.7 Å². The second-order valence-corrected chi connectivity index (χ2v) is 7.55. The minimum atomic E-state index is -3.54. The van der Waals surface area contributed by atoms with Crippen molar-refractivity contribution in [3.63, 3.8) is 0 Å². The van der Waals surface area contributed by atoms with Gasteiger partial charge in [0.2, 0.25) is 0 Å². The van der Waals surface area contributed by atoms with Crippen LogP contribution in [-0.4, -0.2) is 33.9 Å². The molecule has 0 saturated heterocycles. The van der Waals surface area contributed by atoms with Crippen molar-refractivity contribution in [2.24, 2.45) is 5.73 Å². The molecule has 124 valence electrons. The van der Waals surface area contributed by atoms with Gasteiger partial charge in [-0.2, -0.15) is 8.42 Å². The molecular weight excluding hydrogens is 302 g/mol. The lowest BCUT2D eigenvalue weighted by molar-refractivity contribution is 0.0130. The molecule has 1 unspecified atom stereocenters. The minimum Gasteiger partial charge on any atom is -0.497 e. The Morgan fingerprint density at radius 1 is 1.18 bits per heavy atom. The maximum Gasteiger partial charge on any atom is 0.264 e. The van der Waals surface area contributed by atoms with E-state index >= 15 is 0 Å². The maximum absolute atomic E-state index is 11.8. The topological polar surface area (TPSA) is 78.6 Å². The van der Waals surface area contributed by atoms with Gasteiger partial charge in [-0.1, -0.05) is 31.4 Å². The molecule has 1 atom stereocenters. The third kappa shape index (κ3) is 4.00. The average molecular weight is 327 g/mol. The first-order valence-electron chi connectivity index (χ1n) is 7.65. The molecule has 1 fully saturated rings. The summed E-state index contributed by atoms with van der Waals surface area (Å²) >= 11 is 0. The molecule has 22 heavy (non-hydrogen) atoms. The van der Waals surface area contributed by atoms with Gasteiger partial charge in [-0.25, -0.2) is 0 Å². The highest BCUT2D eigenvalue weighted by molar-refractivity contribution is 7.86. The third-order valence-electron chi connectivity index (χ3n) is 4.41. The van der Waals surface area contributed by atoms with Crippen molar-refractivity contribution in [2.45, 2.75) is 43.6 Å². The van der Waals surface area contributed by atoms with Crippen molar-refractivity contribution in [1.82, 2.24) is 0 Å². The zero-order valence-electron chi connectivity index (χ0n) is 13.2. The molecule has 2 N–H and O–H groups in total. The Bertz CT molecular complexity index is 577. The summed E-state index contributed by atoms with van der Waals surface area (Å²) in [6, 6.07) is 7.63. The SMILES string of the molecule is COc1ccc(C(CN)C2(OS(C)(=O)=O)CCCCC2)cc1. The Morgan fingerprint density at radius 3 is 2.23 bits per heavy atom. The van der Waals surface area contributed by atoms with Gasteiger partial charge in [0.05, 0.1) is 19.0 Å². The van der Waals surface area contributed by atoms with Gasteiger partial charge >= 0.3 is 0 Å². The van der Waals surface area contributed by atoms with Crippen molar-refractivity contribution < 1.29 is 17.3 Å². The summed E-state index contributed by atoms with van der Waals surface area (Å²) in [4.78, 5) is 0. The number of hydrogen-bond acceptors (Lipinski definition) is 5. The van der Waals surface area contributed by atoms with Crippen molar-refractivity contribution >= 4 is 10.1 Å². The van der Waals surface area contributed by atoms with Crippen molar-refractivity contribution in [3.8, 4) is 5.75 Å². The molecule has 5 nitrogen and oxygen atoms in total.